The van der Waals surface area contributed by atoms with Crippen molar-refractivity contribution in [1.82, 2.24) is 0 Å². The van der Waals surface area contributed by atoms with Gasteiger partial charge < -0.3 is 5.32 Å². The molecule has 0 aliphatic heterocycles. The van der Waals surface area contributed by atoms with E-state index in [2.05, 4.69) is 57.3 Å². The molecular formula is C19H31N. The largest absolute Gasteiger partial charge is 0.382 e. The first-order chi connectivity index (χ1) is 9.54. The van der Waals surface area contributed by atoms with E-state index in [9.17, 15) is 0 Å². The topological polar surface area (TPSA) is 12.0 Å². The van der Waals surface area contributed by atoms with Crippen molar-refractivity contribution in [2.24, 2.45) is 11.8 Å². The van der Waals surface area contributed by atoms with Crippen LogP contribution in [0.1, 0.15) is 71.3 Å². The van der Waals surface area contributed by atoms with Gasteiger partial charge in [-0.2, -0.15) is 0 Å². The number of benzene rings is 1. The quantitative estimate of drug-likeness (QED) is 0.712. The van der Waals surface area contributed by atoms with Crippen molar-refractivity contribution in [1.29, 1.82) is 0 Å². The molecule has 0 bridgehead atoms. The molecule has 1 saturated carbocycles. The zero-order chi connectivity index (χ0) is 14.5. The molecule has 112 valence electrons. The minimum Gasteiger partial charge on any atom is -0.382 e. The Bertz CT molecular complexity index is 391. The van der Waals surface area contributed by atoms with E-state index in [1.54, 1.807) is 0 Å². The van der Waals surface area contributed by atoms with Crippen molar-refractivity contribution in [3.63, 3.8) is 0 Å². The third-order valence-corrected chi connectivity index (χ3v) is 4.54. The zero-order valence-corrected chi connectivity index (χ0v) is 13.7. The second-order valence-corrected chi connectivity index (χ2v) is 7.28. The molecule has 0 radical (unpaired) electrons. The van der Waals surface area contributed by atoms with Gasteiger partial charge in [0.25, 0.3) is 0 Å². The smallest absolute Gasteiger partial charge is 0.0342 e. The van der Waals surface area contributed by atoms with Crippen LogP contribution in [0.5, 0.6) is 0 Å². The molecule has 1 N–H and O–H groups in total. The lowest BCUT2D eigenvalue weighted by molar-refractivity contribution is 0.289. The first-order valence-corrected chi connectivity index (χ1v) is 8.41. The van der Waals surface area contributed by atoms with Crippen LogP contribution in [0.2, 0.25) is 0 Å². The molecule has 0 spiro atoms. The Morgan fingerprint density at radius 3 is 2.35 bits per heavy atom. The predicted octanol–water partition coefficient (Wildman–Crippen LogP) is 5.83. The average Bonchev–Trinajstić information content (AvgIpc) is 2.39. The number of rotatable bonds is 5. The van der Waals surface area contributed by atoms with Crippen molar-refractivity contribution in [2.75, 3.05) is 5.32 Å². The third-order valence-electron chi connectivity index (χ3n) is 4.54. The number of hydrogen-bond acceptors (Lipinski definition) is 1. The molecule has 1 aliphatic rings. The van der Waals surface area contributed by atoms with E-state index in [1.165, 1.54) is 43.4 Å². The lowest BCUT2D eigenvalue weighted by atomic mass is 9.81. The van der Waals surface area contributed by atoms with Gasteiger partial charge in [0, 0.05) is 11.7 Å². The summed E-state index contributed by atoms with van der Waals surface area (Å²) in [6, 6.07) is 9.71. The lowest BCUT2D eigenvalue weighted by Crippen LogP contribution is -2.27. The van der Waals surface area contributed by atoms with Crippen LogP contribution in [0.3, 0.4) is 0 Å². The summed E-state index contributed by atoms with van der Waals surface area (Å²) in [5.74, 6) is 2.38. The second kappa shape index (κ2) is 7.15. The third kappa shape index (κ3) is 4.54. The maximum atomic E-state index is 3.75. The monoisotopic (exact) mass is 273 g/mol. The summed E-state index contributed by atoms with van der Waals surface area (Å²) in [6.07, 6.45) is 6.90. The van der Waals surface area contributed by atoms with E-state index in [1.807, 2.05) is 0 Å². The molecule has 2 rings (SSSR count). The molecule has 0 amide bonds. The van der Waals surface area contributed by atoms with Crippen LogP contribution in [0.25, 0.3) is 0 Å². The minimum atomic E-state index is 0.620. The van der Waals surface area contributed by atoms with Crippen LogP contribution < -0.4 is 5.32 Å². The maximum Gasteiger partial charge on any atom is 0.0342 e. The Morgan fingerprint density at radius 1 is 1.05 bits per heavy atom. The van der Waals surface area contributed by atoms with Gasteiger partial charge in [0.1, 0.15) is 0 Å². The average molecular weight is 273 g/mol. The second-order valence-electron chi connectivity index (χ2n) is 7.28. The van der Waals surface area contributed by atoms with Gasteiger partial charge in [-0.05, 0) is 54.7 Å². The first-order valence-electron chi connectivity index (χ1n) is 8.41. The number of hydrogen-bond donors (Lipinski definition) is 1. The Labute approximate surface area is 125 Å². The van der Waals surface area contributed by atoms with Gasteiger partial charge in [-0.25, -0.2) is 0 Å². The van der Waals surface area contributed by atoms with Crippen LogP contribution in [0.4, 0.5) is 5.69 Å². The van der Waals surface area contributed by atoms with Crippen LogP contribution in [-0.4, -0.2) is 6.04 Å². The van der Waals surface area contributed by atoms with Crippen LogP contribution >= 0.6 is 0 Å². The Hall–Kier alpha value is -0.980. The zero-order valence-electron chi connectivity index (χ0n) is 13.7. The molecule has 0 saturated heterocycles. The molecule has 1 fully saturated rings. The van der Waals surface area contributed by atoms with Crippen molar-refractivity contribution in [2.45, 2.75) is 71.8 Å². The highest BCUT2D eigenvalue weighted by Crippen LogP contribution is 2.31. The molecule has 1 heteroatoms. The van der Waals surface area contributed by atoms with E-state index >= 15 is 0 Å². The van der Waals surface area contributed by atoms with Crippen LogP contribution in [-0.2, 0) is 0 Å². The minimum absolute atomic E-state index is 0.620. The molecule has 1 nitrogen and oxygen atoms in total. The van der Waals surface area contributed by atoms with E-state index in [0.717, 1.165) is 11.8 Å². The van der Waals surface area contributed by atoms with Crippen molar-refractivity contribution < 1.29 is 0 Å². The highest BCUT2D eigenvalue weighted by Gasteiger charge is 2.22. The normalized spacial score (nSPS) is 23.3. The maximum absolute atomic E-state index is 3.75. The molecule has 0 aromatic heterocycles. The molecule has 1 aliphatic carbocycles. The van der Waals surface area contributed by atoms with E-state index in [0.29, 0.717) is 12.0 Å². The summed E-state index contributed by atoms with van der Waals surface area (Å²) in [7, 11) is 0. The standard InChI is InChI=1S/C19H31N/c1-14(2)12-16-6-5-7-19(13-16)20-18-10-8-17(9-11-18)15(3)4/h8-11,14-16,19-20H,5-7,12-13H2,1-4H3. The molecule has 20 heavy (non-hydrogen) atoms. The SMILES string of the molecule is CC(C)CC1CCCC(Nc2ccc(C(C)C)cc2)C1. The van der Waals surface area contributed by atoms with Crippen molar-refractivity contribution in [3.8, 4) is 0 Å². The fraction of sp³-hybridized carbons (Fsp3) is 0.684. The molecule has 1 aromatic rings. The van der Waals surface area contributed by atoms with E-state index < -0.39 is 0 Å². The fourth-order valence-corrected chi connectivity index (χ4v) is 3.50. The molecule has 2 unspecified atom stereocenters. The molecular weight excluding hydrogens is 242 g/mol. The van der Waals surface area contributed by atoms with Crippen molar-refractivity contribution >= 4 is 5.69 Å². The predicted molar refractivity (Wildman–Crippen MR) is 89.4 cm³/mol. The van der Waals surface area contributed by atoms with Crippen LogP contribution in [0.15, 0.2) is 24.3 Å². The van der Waals surface area contributed by atoms with Gasteiger partial charge in [0.05, 0.1) is 0 Å². The highest BCUT2D eigenvalue weighted by molar-refractivity contribution is 5.46. The molecule has 0 heterocycles. The summed E-state index contributed by atoms with van der Waals surface area (Å²) in [5, 5.41) is 3.75. The summed E-state index contributed by atoms with van der Waals surface area (Å²) in [5.41, 5.74) is 2.72. The fourth-order valence-electron chi connectivity index (χ4n) is 3.50. The Kier molecular flexibility index (Phi) is 5.51. The summed E-state index contributed by atoms with van der Waals surface area (Å²) < 4.78 is 0. The number of nitrogens with one attached hydrogen (secondary N) is 1. The van der Waals surface area contributed by atoms with Gasteiger partial charge in [0.2, 0.25) is 0 Å². The summed E-state index contributed by atoms with van der Waals surface area (Å²) in [6.45, 7) is 9.20. The first kappa shape index (κ1) is 15.4. The Morgan fingerprint density at radius 2 is 1.75 bits per heavy atom. The van der Waals surface area contributed by atoms with E-state index in [-0.39, 0.29) is 0 Å². The summed E-state index contributed by atoms with van der Waals surface area (Å²) >= 11 is 0. The molecule has 2 atom stereocenters. The van der Waals surface area contributed by atoms with Crippen LogP contribution in [0, 0.1) is 11.8 Å². The van der Waals surface area contributed by atoms with Gasteiger partial charge in [0.15, 0.2) is 0 Å². The highest BCUT2D eigenvalue weighted by atomic mass is 14.9. The Balaban J connectivity index is 1.89. The van der Waals surface area contributed by atoms with Gasteiger partial charge in [-0.3, -0.25) is 0 Å². The lowest BCUT2D eigenvalue weighted by Gasteiger charge is -2.31. The van der Waals surface area contributed by atoms with Gasteiger partial charge in [-0.15, -0.1) is 0 Å². The molecule has 1 aromatic carbocycles. The number of anilines is 1. The van der Waals surface area contributed by atoms with E-state index in [4.69, 9.17) is 0 Å². The van der Waals surface area contributed by atoms with Gasteiger partial charge >= 0.3 is 0 Å². The van der Waals surface area contributed by atoms with Gasteiger partial charge in [-0.1, -0.05) is 52.7 Å². The summed E-state index contributed by atoms with van der Waals surface area (Å²) in [4.78, 5) is 0. The van der Waals surface area contributed by atoms with Crippen molar-refractivity contribution in [3.05, 3.63) is 29.8 Å².